The van der Waals surface area contributed by atoms with Crippen LogP contribution in [-0.2, 0) is 10.0 Å². The fourth-order valence-electron chi connectivity index (χ4n) is 5.27. The summed E-state index contributed by atoms with van der Waals surface area (Å²) >= 11 is 0. The summed E-state index contributed by atoms with van der Waals surface area (Å²) in [5, 5.41) is 0. The van der Waals surface area contributed by atoms with Gasteiger partial charge in [0.05, 0.1) is 12.9 Å². The van der Waals surface area contributed by atoms with Crippen LogP contribution in [0.3, 0.4) is 0 Å². The average Bonchev–Trinajstić information content (AvgIpc) is 3.11. The lowest BCUT2D eigenvalue weighted by Crippen LogP contribution is -2.60. The van der Waals surface area contributed by atoms with Gasteiger partial charge in [-0.3, -0.25) is 4.90 Å². The van der Waals surface area contributed by atoms with Crippen LogP contribution in [0.1, 0.15) is 44.1 Å². The van der Waals surface area contributed by atoms with Crippen molar-refractivity contribution in [3.8, 4) is 5.75 Å². The molecule has 1 aromatic rings. The van der Waals surface area contributed by atoms with Gasteiger partial charge < -0.3 is 4.74 Å². The summed E-state index contributed by atoms with van der Waals surface area (Å²) in [5.41, 5.74) is 1.24. The highest BCUT2D eigenvalue weighted by molar-refractivity contribution is 7.89. The summed E-state index contributed by atoms with van der Waals surface area (Å²) in [5.74, 6) is 1.91. The number of ether oxygens (including phenoxy) is 1. The summed E-state index contributed by atoms with van der Waals surface area (Å²) < 4.78 is 33.4. The second-order valence-corrected chi connectivity index (χ2v) is 10.0. The van der Waals surface area contributed by atoms with E-state index in [4.69, 9.17) is 4.74 Å². The van der Waals surface area contributed by atoms with E-state index in [0.717, 1.165) is 44.5 Å². The van der Waals surface area contributed by atoms with Crippen molar-refractivity contribution in [3.05, 3.63) is 29.8 Å². The topological polar surface area (TPSA) is 49.9 Å². The van der Waals surface area contributed by atoms with Crippen molar-refractivity contribution in [1.82, 2.24) is 9.21 Å². The van der Waals surface area contributed by atoms with Crippen LogP contribution in [0.4, 0.5) is 0 Å². The van der Waals surface area contributed by atoms with Gasteiger partial charge in [0.1, 0.15) is 5.75 Å². The molecule has 5 nitrogen and oxygen atoms in total. The first kappa shape index (κ1) is 18.3. The molecule has 4 fully saturated rings. The predicted molar refractivity (Wildman–Crippen MR) is 103 cm³/mol. The lowest BCUT2D eigenvalue weighted by atomic mass is 9.75. The number of hydrogen-bond donors (Lipinski definition) is 0. The molecule has 4 aliphatic rings. The average molecular weight is 379 g/mol. The van der Waals surface area contributed by atoms with Crippen LogP contribution >= 0.6 is 0 Å². The first-order chi connectivity index (χ1) is 12.5. The molecule has 4 aliphatic heterocycles. The molecule has 0 spiro atoms. The number of hydrogen-bond acceptors (Lipinski definition) is 4. The number of fused-ring (bicyclic) bond motifs is 2. The Kier molecular flexibility index (Phi) is 5.01. The van der Waals surface area contributed by atoms with Crippen molar-refractivity contribution in [2.75, 3.05) is 32.5 Å². The second kappa shape index (κ2) is 7.13. The minimum absolute atomic E-state index is 0.159. The molecule has 0 radical (unpaired) electrons. The molecule has 1 aromatic carbocycles. The first-order valence-electron chi connectivity index (χ1n) is 9.92. The van der Waals surface area contributed by atoms with Gasteiger partial charge in [-0.15, -0.1) is 0 Å². The maximum absolute atomic E-state index is 13.1. The molecule has 2 bridgehead atoms. The lowest BCUT2D eigenvalue weighted by Gasteiger charge is -2.51. The number of sulfonamides is 1. The van der Waals surface area contributed by atoms with Crippen molar-refractivity contribution >= 4 is 10.0 Å². The fraction of sp³-hybridized carbons (Fsp3) is 0.700. The van der Waals surface area contributed by atoms with Crippen LogP contribution in [0.15, 0.2) is 24.3 Å². The summed E-state index contributed by atoms with van der Waals surface area (Å²) in [6.45, 7) is 4.90. The molecule has 144 valence electrons. The van der Waals surface area contributed by atoms with Crippen LogP contribution in [-0.4, -0.2) is 62.2 Å². The van der Waals surface area contributed by atoms with E-state index in [1.165, 1.54) is 5.56 Å². The van der Waals surface area contributed by atoms with Crippen molar-refractivity contribution in [2.24, 2.45) is 5.92 Å². The zero-order valence-corrected chi connectivity index (χ0v) is 16.6. The normalized spacial score (nSPS) is 34.0. The standard InChI is InChI=1S/C20H30N2O3S/c1-3-4-13-26(23,24)22-14-18(15-5-7-17(25-2)8-6-15)20-19(22)16-9-11-21(20)12-10-16/h5-8,16,18-20H,3-4,9-14H2,1-2H3/t18-,19+,20+/m1/s1. The third-order valence-electron chi connectivity index (χ3n) is 6.61. The highest BCUT2D eigenvalue weighted by Crippen LogP contribution is 2.47. The summed E-state index contributed by atoms with van der Waals surface area (Å²) in [7, 11) is -1.51. The Morgan fingerprint density at radius 1 is 1.12 bits per heavy atom. The second-order valence-electron chi connectivity index (χ2n) is 7.97. The van der Waals surface area contributed by atoms with Gasteiger partial charge in [0.15, 0.2) is 0 Å². The third kappa shape index (κ3) is 3.06. The molecule has 0 amide bonds. The Morgan fingerprint density at radius 3 is 2.42 bits per heavy atom. The zero-order chi connectivity index (χ0) is 18.3. The Labute approximate surface area is 157 Å². The first-order valence-corrected chi connectivity index (χ1v) is 11.5. The van der Waals surface area contributed by atoms with E-state index < -0.39 is 10.0 Å². The van der Waals surface area contributed by atoms with E-state index in [1.807, 2.05) is 16.4 Å². The van der Waals surface area contributed by atoms with Crippen LogP contribution in [0, 0.1) is 5.92 Å². The van der Waals surface area contributed by atoms with E-state index in [9.17, 15) is 8.42 Å². The largest absolute Gasteiger partial charge is 0.497 e. The van der Waals surface area contributed by atoms with E-state index >= 15 is 0 Å². The zero-order valence-electron chi connectivity index (χ0n) is 15.8. The molecule has 0 N–H and O–H groups in total. The van der Waals surface area contributed by atoms with Gasteiger partial charge in [-0.2, -0.15) is 4.31 Å². The molecular weight excluding hydrogens is 348 g/mol. The smallest absolute Gasteiger partial charge is 0.214 e. The number of unbranched alkanes of at least 4 members (excludes halogenated alkanes) is 1. The van der Waals surface area contributed by atoms with Gasteiger partial charge in [0.2, 0.25) is 10.0 Å². The maximum Gasteiger partial charge on any atom is 0.214 e. The van der Waals surface area contributed by atoms with Gasteiger partial charge in [0, 0.05) is 24.5 Å². The van der Waals surface area contributed by atoms with Crippen molar-refractivity contribution in [2.45, 2.75) is 50.6 Å². The molecule has 0 aliphatic carbocycles. The lowest BCUT2D eigenvalue weighted by molar-refractivity contribution is 0.0123. The Bertz CT molecular complexity index is 726. The monoisotopic (exact) mass is 378 g/mol. The van der Waals surface area contributed by atoms with Crippen LogP contribution in [0.2, 0.25) is 0 Å². The molecule has 0 saturated carbocycles. The Hall–Kier alpha value is -1.11. The van der Waals surface area contributed by atoms with E-state index in [1.54, 1.807) is 7.11 Å². The predicted octanol–water partition coefficient (Wildman–Crippen LogP) is 2.69. The Morgan fingerprint density at radius 2 is 1.81 bits per heavy atom. The minimum Gasteiger partial charge on any atom is -0.497 e. The van der Waals surface area contributed by atoms with Crippen LogP contribution in [0.5, 0.6) is 5.75 Å². The maximum atomic E-state index is 13.1. The fourth-order valence-corrected chi connectivity index (χ4v) is 7.22. The number of benzene rings is 1. The molecule has 4 saturated heterocycles. The number of methoxy groups -OCH3 is 1. The van der Waals surface area contributed by atoms with Gasteiger partial charge in [-0.1, -0.05) is 25.5 Å². The van der Waals surface area contributed by atoms with Gasteiger partial charge in [-0.05, 0) is 56.0 Å². The van der Waals surface area contributed by atoms with Crippen LogP contribution < -0.4 is 4.74 Å². The van der Waals surface area contributed by atoms with Gasteiger partial charge in [-0.25, -0.2) is 8.42 Å². The molecule has 0 aromatic heterocycles. The number of rotatable bonds is 6. The van der Waals surface area contributed by atoms with Gasteiger partial charge >= 0.3 is 0 Å². The van der Waals surface area contributed by atoms with E-state index in [2.05, 4.69) is 24.0 Å². The summed E-state index contributed by atoms with van der Waals surface area (Å²) in [4.78, 5) is 2.55. The molecule has 26 heavy (non-hydrogen) atoms. The van der Waals surface area contributed by atoms with Crippen LogP contribution in [0.25, 0.3) is 0 Å². The number of nitrogens with zero attached hydrogens (tertiary/aromatic N) is 2. The quantitative estimate of drug-likeness (QED) is 0.764. The Balaban J connectivity index is 1.67. The highest BCUT2D eigenvalue weighted by atomic mass is 32.2. The van der Waals surface area contributed by atoms with E-state index in [0.29, 0.717) is 18.5 Å². The molecule has 6 heteroatoms. The van der Waals surface area contributed by atoms with Crippen molar-refractivity contribution in [1.29, 1.82) is 0 Å². The SMILES string of the molecule is CCCCS(=O)(=O)N1C[C@H](c2ccc(OC)cc2)[C@H]2[C@@H]1C1CCN2CC1. The van der Waals surface area contributed by atoms with Crippen molar-refractivity contribution in [3.63, 3.8) is 0 Å². The summed E-state index contributed by atoms with van der Waals surface area (Å²) in [6.07, 6.45) is 3.93. The molecule has 4 heterocycles. The van der Waals surface area contributed by atoms with Gasteiger partial charge in [0.25, 0.3) is 0 Å². The molecule has 3 atom stereocenters. The molecule has 0 unspecified atom stereocenters. The summed E-state index contributed by atoms with van der Waals surface area (Å²) in [6, 6.07) is 8.71. The highest BCUT2D eigenvalue weighted by Gasteiger charge is 2.56. The molecule has 5 rings (SSSR count). The molecular formula is C20H30N2O3S. The van der Waals surface area contributed by atoms with Crippen molar-refractivity contribution < 1.29 is 13.2 Å². The van der Waals surface area contributed by atoms with E-state index in [-0.39, 0.29) is 17.7 Å². The minimum atomic E-state index is -3.19. The number of piperidine rings is 3. The third-order valence-corrected chi connectivity index (χ3v) is 8.52.